The van der Waals surface area contributed by atoms with Gasteiger partial charge in [-0.15, -0.1) is 10.2 Å². The van der Waals surface area contributed by atoms with Crippen molar-refractivity contribution in [1.29, 1.82) is 0 Å². The van der Waals surface area contributed by atoms with Crippen molar-refractivity contribution in [2.24, 2.45) is 0 Å². The molecule has 0 spiro atoms. The summed E-state index contributed by atoms with van der Waals surface area (Å²) in [5.41, 5.74) is 15.0. The maximum atomic E-state index is 5.67. The average Bonchev–Trinajstić information content (AvgIpc) is 2.91. The Kier molecular flexibility index (Phi) is 3.55. The van der Waals surface area contributed by atoms with E-state index in [2.05, 4.69) is 10.2 Å². The molecular weight excluding hydrogens is 264 g/mol. The standard InChI is InChI=1S/C16H16N4O/c17-13-5-1-11(2-6-13)9-15-19-20-16(21-15)10-12-3-7-14(18)8-4-12/h1-8H,9-10,17-18H2. The summed E-state index contributed by atoms with van der Waals surface area (Å²) in [5, 5.41) is 8.15. The van der Waals surface area contributed by atoms with E-state index in [0.717, 1.165) is 22.5 Å². The van der Waals surface area contributed by atoms with E-state index in [-0.39, 0.29) is 0 Å². The fourth-order valence-corrected chi connectivity index (χ4v) is 2.05. The highest BCUT2D eigenvalue weighted by Gasteiger charge is 2.08. The number of rotatable bonds is 4. The molecule has 0 saturated carbocycles. The van der Waals surface area contributed by atoms with Gasteiger partial charge in [0.05, 0.1) is 12.8 Å². The first-order valence-corrected chi connectivity index (χ1v) is 6.69. The predicted octanol–water partition coefficient (Wildman–Crippen LogP) is 2.42. The second kappa shape index (κ2) is 5.66. The van der Waals surface area contributed by atoms with Gasteiger partial charge in [0.2, 0.25) is 11.8 Å². The average molecular weight is 280 g/mol. The van der Waals surface area contributed by atoms with Gasteiger partial charge in [0.15, 0.2) is 0 Å². The van der Waals surface area contributed by atoms with Gasteiger partial charge in [0.1, 0.15) is 0 Å². The first kappa shape index (κ1) is 13.2. The molecule has 0 amide bonds. The Morgan fingerprint density at radius 2 is 1.05 bits per heavy atom. The summed E-state index contributed by atoms with van der Waals surface area (Å²) in [6.07, 6.45) is 1.21. The van der Waals surface area contributed by atoms with Gasteiger partial charge in [-0.3, -0.25) is 0 Å². The van der Waals surface area contributed by atoms with Crippen LogP contribution in [0.3, 0.4) is 0 Å². The molecule has 0 atom stereocenters. The fraction of sp³-hybridized carbons (Fsp3) is 0.125. The van der Waals surface area contributed by atoms with Crippen molar-refractivity contribution >= 4 is 11.4 Å². The Morgan fingerprint density at radius 3 is 1.43 bits per heavy atom. The second-order valence-electron chi connectivity index (χ2n) is 4.93. The lowest BCUT2D eigenvalue weighted by Crippen LogP contribution is -1.90. The Labute approximate surface area is 122 Å². The van der Waals surface area contributed by atoms with Crippen molar-refractivity contribution < 1.29 is 4.42 Å². The highest BCUT2D eigenvalue weighted by atomic mass is 16.4. The Balaban J connectivity index is 1.68. The van der Waals surface area contributed by atoms with Crippen LogP contribution in [-0.2, 0) is 12.8 Å². The Bertz CT molecular complexity index is 655. The molecule has 3 rings (SSSR count). The Hall–Kier alpha value is -2.82. The summed E-state index contributed by atoms with van der Waals surface area (Å²) >= 11 is 0. The molecule has 4 N–H and O–H groups in total. The molecule has 1 aromatic heterocycles. The van der Waals surface area contributed by atoms with Crippen LogP contribution in [0.2, 0.25) is 0 Å². The molecule has 1 heterocycles. The SMILES string of the molecule is Nc1ccc(Cc2nnc(Cc3ccc(N)cc3)o2)cc1. The summed E-state index contributed by atoms with van der Waals surface area (Å²) in [7, 11) is 0. The van der Waals surface area contributed by atoms with E-state index in [1.54, 1.807) is 0 Å². The predicted molar refractivity (Wildman–Crippen MR) is 81.6 cm³/mol. The third kappa shape index (κ3) is 3.39. The zero-order valence-corrected chi connectivity index (χ0v) is 11.5. The smallest absolute Gasteiger partial charge is 0.220 e. The minimum absolute atomic E-state index is 0.602. The molecule has 5 nitrogen and oxygen atoms in total. The topological polar surface area (TPSA) is 91.0 Å². The highest BCUT2D eigenvalue weighted by Crippen LogP contribution is 2.14. The molecule has 3 aromatic rings. The minimum Gasteiger partial charge on any atom is -0.425 e. The molecule has 0 saturated heterocycles. The van der Waals surface area contributed by atoms with Crippen LogP contribution in [0.4, 0.5) is 11.4 Å². The Morgan fingerprint density at radius 1 is 0.667 bits per heavy atom. The van der Waals surface area contributed by atoms with Gasteiger partial charge in [-0.2, -0.15) is 0 Å². The van der Waals surface area contributed by atoms with Crippen molar-refractivity contribution in [3.8, 4) is 0 Å². The van der Waals surface area contributed by atoms with Crippen LogP contribution in [0.5, 0.6) is 0 Å². The number of anilines is 2. The summed E-state index contributed by atoms with van der Waals surface area (Å²) in [5.74, 6) is 1.20. The lowest BCUT2D eigenvalue weighted by Gasteiger charge is -1.98. The van der Waals surface area contributed by atoms with Crippen LogP contribution in [-0.4, -0.2) is 10.2 Å². The van der Waals surface area contributed by atoms with E-state index in [0.29, 0.717) is 24.6 Å². The van der Waals surface area contributed by atoms with Crippen LogP contribution >= 0.6 is 0 Å². The van der Waals surface area contributed by atoms with Crippen LogP contribution in [0.15, 0.2) is 52.9 Å². The van der Waals surface area contributed by atoms with Crippen molar-refractivity contribution in [3.63, 3.8) is 0 Å². The van der Waals surface area contributed by atoms with Gasteiger partial charge < -0.3 is 15.9 Å². The number of nitrogen functional groups attached to an aromatic ring is 2. The molecule has 0 aliphatic rings. The van der Waals surface area contributed by atoms with Gasteiger partial charge in [0, 0.05) is 11.4 Å². The molecule has 0 radical (unpaired) electrons. The highest BCUT2D eigenvalue weighted by molar-refractivity contribution is 5.40. The molecule has 0 bridgehead atoms. The number of benzene rings is 2. The fourth-order valence-electron chi connectivity index (χ4n) is 2.05. The normalized spacial score (nSPS) is 10.7. The van der Waals surface area contributed by atoms with E-state index >= 15 is 0 Å². The molecule has 0 unspecified atom stereocenters. The zero-order chi connectivity index (χ0) is 14.7. The first-order chi connectivity index (χ1) is 10.2. The third-order valence-electron chi connectivity index (χ3n) is 3.18. The molecule has 2 aromatic carbocycles. The largest absolute Gasteiger partial charge is 0.425 e. The van der Waals surface area contributed by atoms with Gasteiger partial charge >= 0.3 is 0 Å². The van der Waals surface area contributed by atoms with E-state index in [1.807, 2.05) is 48.5 Å². The van der Waals surface area contributed by atoms with Crippen molar-refractivity contribution in [2.45, 2.75) is 12.8 Å². The van der Waals surface area contributed by atoms with Gasteiger partial charge in [-0.05, 0) is 35.4 Å². The van der Waals surface area contributed by atoms with Crippen LogP contribution in [0.25, 0.3) is 0 Å². The van der Waals surface area contributed by atoms with Crippen LogP contribution in [0.1, 0.15) is 22.9 Å². The van der Waals surface area contributed by atoms with Gasteiger partial charge in [-0.25, -0.2) is 0 Å². The first-order valence-electron chi connectivity index (χ1n) is 6.69. The number of hydrogen-bond donors (Lipinski definition) is 2. The maximum absolute atomic E-state index is 5.67. The van der Waals surface area contributed by atoms with Crippen LogP contribution < -0.4 is 11.5 Å². The van der Waals surface area contributed by atoms with Gasteiger partial charge in [0.25, 0.3) is 0 Å². The van der Waals surface area contributed by atoms with E-state index in [1.165, 1.54) is 0 Å². The molecule has 21 heavy (non-hydrogen) atoms. The molecule has 106 valence electrons. The zero-order valence-electron chi connectivity index (χ0n) is 11.5. The maximum Gasteiger partial charge on any atom is 0.220 e. The number of aromatic nitrogens is 2. The lowest BCUT2D eigenvalue weighted by atomic mass is 10.1. The monoisotopic (exact) mass is 280 g/mol. The lowest BCUT2D eigenvalue weighted by molar-refractivity contribution is 0.466. The molecule has 0 fully saturated rings. The molecule has 0 aliphatic carbocycles. The molecule has 5 heteroatoms. The number of hydrogen-bond acceptors (Lipinski definition) is 5. The van der Waals surface area contributed by atoms with Crippen molar-refractivity contribution in [3.05, 3.63) is 71.4 Å². The summed E-state index contributed by atoms with van der Waals surface area (Å²) < 4.78 is 5.67. The van der Waals surface area contributed by atoms with Crippen molar-refractivity contribution in [1.82, 2.24) is 10.2 Å². The quantitative estimate of drug-likeness (QED) is 0.716. The number of nitrogens with two attached hydrogens (primary N) is 2. The number of nitrogens with zero attached hydrogens (tertiary/aromatic N) is 2. The second-order valence-corrected chi connectivity index (χ2v) is 4.93. The van der Waals surface area contributed by atoms with Crippen LogP contribution in [0, 0.1) is 0 Å². The summed E-state index contributed by atoms with van der Waals surface area (Å²) in [6.45, 7) is 0. The van der Waals surface area contributed by atoms with E-state index in [4.69, 9.17) is 15.9 Å². The van der Waals surface area contributed by atoms with Crippen molar-refractivity contribution in [2.75, 3.05) is 11.5 Å². The molecule has 0 aliphatic heterocycles. The molecular formula is C16H16N4O. The van der Waals surface area contributed by atoms with Gasteiger partial charge in [-0.1, -0.05) is 24.3 Å². The summed E-state index contributed by atoms with van der Waals surface area (Å²) in [4.78, 5) is 0. The summed E-state index contributed by atoms with van der Waals surface area (Å²) in [6, 6.07) is 15.3. The third-order valence-corrected chi connectivity index (χ3v) is 3.18. The van der Waals surface area contributed by atoms with E-state index < -0.39 is 0 Å². The minimum atomic E-state index is 0.602. The van der Waals surface area contributed by atoms with E-state index in [9.17, 15) is 0 Å².